The van der Waals surface area contributed by atoms with Crippen molar-refractivity contribution in [1.82, 2.24) is 4.98 Å². The van der Waals surface area contributed by atoms with E-state index >= 15 is 0 Å². The van der Waals surface area contributed by atoms with Crippen LogP contribution in [-0.2, 0) is 9.59 Å². The number of anilines is 2. The van der Waals surface area contributed by atoms with Crippen molar-refractivity contribution in [3.63, 3.8) is 0 Å². The van der Waals surface area contributed by atoms with Gasteiger partial charge in [0.15, 0.2) is 0 Å². The minimum Gasteiger partial charge on any atom is -0.324 e. The van der Waals surface area contributed by atoms with E-state index in [0.29, 0.717) is 14.9 Å². The molecule has 1 N–H and O–H groups in total. The number of pyridine rings is 1. The fraction of sp³-hybridized carbons (Fsp3) is 0.235. The van der Waals surface area contributed by atoms with E-state index in [1.165, 1.54) is 24.4 Å². The Hall–Kier alpha value is -2.26. The number of fused-ring (bicyclic) bond motifs is 1. The van der Waals surface area contributed by atoms with Crippen LogP contribution in [0.3, 0.4) is 0 Å². The van der Waals surface area contributed by atoms with Crippen LogP contribution in [-0.4, -0.2) is 34.8 Å². The molecule has 3 rings (SSSR count). The number of para-hydroxylation sites is 2. The Kier molecular flexibility index (Phi) is 5.61. The molecule has 0 saturated carbocycles. The van der Waals surface area contributed by atoms with Crippen molar-refractivity contribution in [1.29, 1.82) is 0 Å². The predicted octanol–water partition coefficient (Wildman–Crippen LogP) is 4.13. The fourth-order valence-electron chi connectivity index (χ4n) is 2.65. The van der Waals surface area contributed by atoms with Crippen molar-refractivity contribution >= 4 is 46.6 Å². The average molecular weight is 416 g/mol. The first-order valence-corrected chi connectivity index (χ1v) is 9.14. The largest absolute Gasteiger partial charge is 0.409 e. The number of carbonyl (C=O) groups excluding carboxylic acids is 2. The van der Waals surface area contributed by atoms with Crippen molar-refractivity contribution in [3.8, 4) is 0 Å². The summed E-state index contributed by atoms with van der Waals surface area (Å²) in [6.07, 6.45) is -4.24. The Bertz CT molecular complexity index is 861. The zero-order valence-electron chi connectivity index (χ0n) is 13.7. The molecule has 1 aliphatic rings. The molecule has 1 unspecified atom stereocenters. The summed E-state index contributed by atoms with van der Waals surface area (Å²) in [6.45, 7) is 0. The molecule has 0 bridgehead atoms. The van der Waals surface area contributed by atoms with Gasteiger partial charge in [0.25, 0.3) is 0 Å². The third kappa shape index (κ3) is 4.54. The number of hydrogen-bond acceptors (Lipinski definition) is 4. The van der Waals surface area contributed by atoms with Gasteiger partial charge in [0, 0.05) is 6.20 Å². The maximum atomic E-state index is 13.6. The molecule has 0 saturated heterocycles. The number of benzene rings is 1. The van der Waals surface area contributed by atoms with Crippen molar-refractivity contribution in [2.45, 2.75) is 23.7 Å². The lowest BCUT2D eigenvalue weighted by Crippen LogP contribution is -2.50. The molecule has 1 aromatic heterocycles. The standard InChI is InChI=1S/C17H13ClF3N3O2S/c18-10-5-6-15(22-8-10)27-9-16(26)24-12-4-2-1-3-11(12)23-14(25)7-13(24)17(19,20)21/h1-6,8,13H,7,9H2,(H,23,25). The highest BCUT2D eigenvalue weighted by molar-refractivity contribution is 7.99. The Morgan fingerprint density at radius 2 is 2.04 bits per heavy atom. The second kappa shape index (κ2) is 7.77. The number of amides is 2. The lowest BCUT2D eigenvalue weighted by atomic mass is 10.1. The summed E-state index contributed by atoms with van der Waals surface area (Å²) in [5.41, 5.74) is 0.178. The van der Waals surface area contributed by atoms with Gasteiger partial charge in [-0.1, -0.05) is 35.5 Å². The summed E-state index contributed by atoms with van der Waals surface area (Å²) >= 11 is 6.73. The van der Waals surface area contributed by atoms with Crippen molar-refractivity contribution in [2.24, 2.45) is 0 Å². The van der Waals surface area contributed by atoms with Gasteiger partial charge in [0.2, 0.25) is 11.8 Å². The van der Waals surface area contributed by atoms with Crippen LogP contribution in [0.1, 0.15) is 6.42 Å². The lowest BCUT2D eigenvalue weighted by molar-refractivity contribution is -0.157. The molecule has 0 spiro atoms. The second-order valence-corrected chi connectivity index (χ2v) is 7.13. The van der Waals surface area contributed by atoms with E-state index in [0.717, 1.165) is 11.8 Å². The normalized spacial score (nSPS) is 17.1. The Labute approximate surface area is 161 Å². The summed E-state index contributed by atoms with van der Waals surface area (Å²) in [5.74, 6) is -1.85. The fourth-order valence-corrected chi connectivity index (χ4v) is 3.46. The molecule has 0 radical (unpaired) electrons. The summed E-state index contributed by atoms with van der Waals surface area (Å²) in [6, 6.07) is 6.82. The van der Waals surface area contributed by atoms with Gasteiger partial charge in [-0.2, -0.15) is 13.2 Å². The molecular weight excluding hydrogens is 403 g/mol. The van der Waals surface area contributed by atoms with Crippen LogP contribution in [0.25, 0.3) is 0 Å². The van der Waals surface area contributed by atoms with Gasteiger partial charge in [-0.25, -0.2) is 4.98 Å². The highest BCUT2D eigenvalue weighted by Gasteiger charge is 2.48. The quantitative estimate of drug-likeness (QED) is 0.765. The minimum atomic E-state index is -4.76. The number of rotatable bonds is 3. The van der Waals surface area contributed by atoms with Gasteiger partial charge in [0.05, 0.1) is 33.6 Å². The molecule has 1 atom stereocenters. The molecule has 142 valence electrons. The van der Waals surface area contributed by atoms with Gasteiger partial charge in [0.1, 0.15) is 6.04 Å². The number of alkyl halides is 3. The van der Waals surface area contributed by atoms with Crippen LogP contribution < -0.4 is 10.2 Å². The SMILES string of the molecule is O=C1CC(C(F)(F)F)N(C(=O)CSc2ccc(Cl)cn2)c2ccccc2N1. The van der Waals surface area contributed by atoms with Crippen LogP contribution >= 0.6 is 23.4 Å². The van der Waals surface area contributed by atoms with Gasteiger partial charge in [-0.15, -0.1) is 0 Å². The van der Waals surface area contributed by atoms with E-state index in [4.69, 9.17) is 11.6 Å². The smallest absolute Gasteiger partial charge is 0.324 e. The number of aromatic nitrogens is 1. The first kappa shape index (κ1) is 19.5. The molecule has 2 heterocycles. The number of thioether (sulfide) groups is 1. The van der Waals surface area contributed by atoms with Crippen LogP contribution in [0.5, 0.6) is 0 Å². The van der Waals surface area contributed by atoms with E-state index in [-0.39, 0.29) is 17.1 Å². The van der Waals surface area contributed by atoms with Crippen molar-refractivity contribution in [2.75, 3.05) is 16.0 Å². The third-order valence-electron chi connectivity index (χ3n) is 3.82. The average Bonchev–Trinajstić information content (AvgIpc) is 2.76. The molecule has 2 amide bonds. The maximum absolute atomic E-state index is 13.6. The Morgan fingerprint density at radius 1 is 1.30 bits per heavy atom. The van der Waals surface area contributed by atoms with Gasteiger partial charge in [-0.05, 0) is 24.3 Å². The molecule has 0 fully saturated rings. The molecule has 10 heteroatoms. The van der Waals surface area contributed by atoms with Gasteiger partial charge >= 0.3 is 6.18 Å². The van der Waals surface area contributed by atoms with Crippen LogP contribution in [0.15, 0.2) is 47.6 Å². The Morgan fingerprint density at radius 3 is 2.70 bits per heavy atom. The van der Waals surface area contributed by atoms with Crippen LogP contribution in [0.2, 0.25) is 5.02 Å². The molecule has 5 nitrogen and oxygen atoms in total. The van der Waals surface area contributed by atoms with E-state index < -0.39 is 30.5 Å². The number of nitrogens with one attached hydrogen (secondary N) is 1. The third-order valence-corrected chi connectivity index (χ3v) is 4.97. The predicted molar refractivity (Wildman–Crippen MR) is 97.0 cm³/mol. The first-order valence-electron chi connectivity index (χ1n) is 7.77. The van der Waals surface area contributed by atoms with E-state index in [9.17, 15) is 22.8 Å². The summed E-state index contributed by atoms with van der Waals surface area (Å²) < 4.78 is 40.8. The topological polar surface area (TPSA) is 62.3 Å². The van der Waals surface area contributed by atoms with Gasteiger partial charge in [-0.3, -0.25) is 14.5 Å². The minimum absolute atomic E-state index is 0.0142. The Balaban J connectivity index is 1.91. The zero-order valence-corrected chi connectivity index (χ0v) is 15.2. The molecule has 2 aromatic rings. The van der Waals surface area contributed by atoms with Crippen molar-refractivity contribution < 1.29 is 22.8 Å². The maximum Gasteiger partial charge on any atom is 0.409 e. The van der Waals surface area contributed by atoms with E-state index in [1.54, 1.807) is 18.2 Å². The van der Waals surface area contributed by atoms with Crippen LogP contribution in [0, 0.1) is 0 Å². The summed E-state index contributed by atoms with van der Waals surface area (Å²) in [7, 11) is 0. The molecule has 0 aliphatic carbocycles. The molecular formula is C17H13ClF3N3O2S. The monoisotopic (exact) mass is 415 g/mol. The van der Waals surface area contributed by atoms with Gasteiger partial charge < -0.3 is 5.32 Å². The number of carbonyl (C=O) groups is 2. The number of halogens is 4. The van der Waals surface area contributed by atoms with Crippen molar-refractivity contribution in [3.05, 3.63) is 47.6 Å². The zero-order chi connectivity index (χ0) is 19.6. The summed E-state index contributed by atoms with van der Waals surface area (Å²) in [4.78, 5) is 29.3. The number of hydrogen-bond donors (Lipinski definition) is 1. The van der Waals surface area contributed by atoms with E-state index in [1.807, 2.05) is 0 Å². The van der Waals surface area contributed by atoms with Crippen LogP contribution in [0.4, 0.5) is 24.5 Å². The summed E-state index contributed by atoms with van der Waals surface area (Å²) in [5, 5.41) is 3.29. The highest BCUT2D eigenvalue weighted by atomic mass is 35.5. The first-order chi connectivity index (χ1) is 12.8. The highest BCUT2D eigenvalue weighted by Crippen LogP contribution is 2.38. The second-order valence-electron chi connectivity index (χ2n) is 5.69. The molecule has 1 aliphatic heterocycles. The molecule has 1 aromatic carbocycles. The molecule has 27 heavy (non-hydrogen) atoms. The van der Waals surface area contributed by atoms with E-state index in [2.05, 4.69) is 10.3 Å². The lowest BCUT2D eigenvalue weighted by Gasteiger charge is -2.31. The number of nitrogens with zero attached hydrogens (tertiary/aromatic N) is 2.